The van der Waals surface area contributed by atoms with Crippen LogP contribution in [0.5, 0.6) is 0 Å². The van der Waals surface area contributed by atoms with Gasteiger partial charge in [0.1, 0.15) is 10.7 Å². The topological polar surface area (TPSA) is 51.8 Å². The predicted molar refractivity (Wildman–Crippen MR) is 79.0 cm³/mol. The summed E-state index contributed by atoms with van der Waals surface area (Å²) in [5.41, 5.74) is 6.89. The first-order chi connectivity index (χ1) is 9.17. The fourth-order valence-corrected chi connectivity index (χ4v) is 3.19. The van der Waals surface area contributed by atoms with E-state index in [0.29, 0.717) is 10.7 Å². The van der Waals surface area contributed by atoms with E-state index in [2.05, 4.69) is 16.0 Å². The minimum Gasteiger partial charge on any atom is -0.395 e. The first-order valence-electron chi connectivity index (χ1n) is 5.54. The Morgan fingerprint density at radius 2 is 2.05 bits per heavy atom. The van der Waals surface area contributed by atoms with Gasteiger partial charge in [-0.3, -0.25) is 0 Å². The Kier molecular flexibility index (Phi) is 3.12. The molecule has 3 nitrogen and oxygen atoms in total. The summed E-state index contributed by atoms with van der Waals surface area (Å²) in [6, 6.07) is 9.26. The zero-order chi connectivity index (χ0) is 13.4. The number of fused-ring (bicyclic) bond motifs is 1. The number of hydrogen-bond donors (Lipinski definition) is 1. The van der Waals surface area contributed by atoms with Crippen molar-refractivity contribution in [1.29, 1.82) is 0 Å². The van der Waals surface area contributed by atoms with Gasteiger partial charge in [0.15, 0.2) is 0 Å². The van der Waals surface area contributed by atoms with Crippen LogP contribution in [0.3, 0.4) is 0 Å². The number of halogens is 1. The molecular formula is C13H10FN3S2. The van der Waals surface area contributed by atoms with E-state index in [-0.39, 0.29) is 5.69 Å². The van der Waals surface area contributed by atoms with Gasteiger partial charge in [-0.05, 0) is 36.6 Å². The minimum atomic E-state index is -0.651. The molecule has 0 spiro atoms. The minimum absolute atomic E-state index is 0.0505. The second-order valence-electron chi connectivity index (χ2n) is 3.93. The maximum absolute atomic E-state index is 13.4. The first-order valence-corrected chi connectivity index (χ1v) is 7.58. The lowest BCUT2D eigenvalue weighted by molar-refractivity contribution is 0.590. The van der Waals surface area contributed by atoms with Gasteiger partial charge in [-0.2, -0.15) is 4.39 Å². The molecule has 0 radical (unpaired) electrons. The maximum Gasteiger partial charge on any atom is 0.236 e. The molecule has 0 saturated heterocycles. The number of nitrogens with zero attached hydrogens (tertiary/aromatic N) is 2. The zero-order valence-corrected chi connectivity index (χ0v) is 11.7. The molecule has 3 rings (SSSR count). The van der Waals surface area contributed by atoms with Crippen LogP contribution < -0.4 is 5.73 Å². The lowest BCUT2D eigenvalue weighted by atomic mass is 10.3. The van der Waals surface area contributed by atoms with Crippen molar-refractivity contribution in [2.24, 2.45) is 0 Å². The molecule has 6 heteroatoms. The largest absolute Gasteiger partial charge is 0.395 e. The molecule has 0 atom stereocenters. The van der Waals surface area contributed by atoms with Gasteiger partial charge in [0.05, 0.1) is 15.9 Å². The summed E-state index contributed by atoms with van der Waals surface area (Å²) in [5, 5.41) is 0.701. The number of hydrogen-bond acceptors (Lipinski definition) is 5. The number of thioether (sulfide) groups is 1. The quantitative estimate of drug-likeness (QED) is 0.576. The Morgan fingerprint density at radius 3 is 2.79 bits per heavy atom. The van der Waals surface area contributed by atoms with Gasteiger partial charge in [-0.1, -0.05) is 0 Å². The van der Waals surface area contributed by atoms with E-state index in [0.717, 1.165) is 10.2 Å². The standard InChI is InChI=1S/C13H10FN3S2/c1-18-7-2-4-9-11(6-7)19-13(17-9)10-5-3-8(15)12(14)16-10/h2-6H,15H2,1H3/i14-1. The smallest absolute Gasteiger partial charge is 0.236 e. The van der Waals surface area contributed by atoms with E-state index in [1.54, 1.807) is 17.8 Å². The van der Waals surface area contributed by atoms with Gasteiger partial charge < -0.3 is 5.73 Å². The highest BCUT2D eigenvalue weighted by atomic mass is 32.2. The average molecular weight is 290 g/mol. The summed E-state index contributed by atoms with van der Waals surface area (Å²) in [6.45, 7) is 0. The van der Waals surface area contributed by atoms with E-state index in [9.17, 15) is 4.39 Å². The van der Waals surface area contributed by atoms with E-state index >= 15 is 0 Å². The normalized spacial score (nSPS) is 11.1. The maximum atomic E-state index is 13.4. The fraction of sp³-hybridized carbons (Fsp3) is 0.0769. The Bertz CT molecular complexity index is 755. The summed E-state index contributed by atoms with van der Waals surface area (Å²) in [6.07, 6.45) is 2.03. The number of pyridine rings is 1. The van der Waals surface area contributed by atoms with Gasteiger partial charge in [0.25, 0.3) is 0 Å². The van der Waals surface area contributed by atoms with Crippen molar-refractivity contribution in [3.05, 3.63) is 36.3 Å². The molecule has 2 aromatic heterocycles. The third-order valence-corrected chi connectivity index (χ3v) is 4.46. The van der Waals surface area contributed by atoms with E-state index in [1.807, 2.05) is 18.4 Å². The monoisotopic (exact) mass is 290 g/mol. The Morgan fingerprint density at radius 1 is 1.21 bits per heavy atom. The SMILES string of the molecule is CSc1ccc2nc(-c3ccc(N)c([18F])n3)sc2c1. The number of benzene rings is 1. The third kappa shape index (κ3) is 2.29. The van der Waals surface area contributed by atoms with E-state index < -0.39 is 5.95 Å². The molecule has 0 amide bonds. The third-order valence-electron chi connectivity index (χ3n) is 2.69. The number of anilines is 1. The van der Waals surface area contributed by atoms with Crippen molar-refractivity contribution in [3.63, 3.8) is 0 Å². The van der Waals surface area contributed by atoms with Gasteiger partial charge in [0.2, 0.25) is 5.95 Å². The summed E-state index contributed by atoms with van der Waals surface area (Å²) in [5.74, 6) is -0.651. The van der Waals surface area contributed by atoms with Crippen LogP contribution >= 0.6 is 23.1 Å². The van der Waals surface area contributed by atoms with Crippen LogP contribution in [0.2, 0.25) is 0 Å². The van der Waals surface area contributed by atoms with E-state index in [4.69, 9.17) is 5.73 Å². The lowest BCUT2D eigenvalue weighted by Crippen LogP contribution is -1.94. The van der Waals surface area contributed by atoms with Gasteiger partial charge in [-0.25, -0.2) is 9.97 Å². The first kappa shape index (κ1) is 12.4. The second-order valence-corrected chi connectivity index (χ2v) is 5.84. The second kappa shape index (κ2) is 4.79. The molecule has 2 heterocycles. The highest BCUT2D eigenvalue weighted by Gasteiger charge is 2.10. The number of thiazole rings is 1. The molecule has 0 unspecified atom stereocenters. The van der Waals surface area contributed by atoms with E-state index in [1.165, 1.54) is 22.3 Å². The van der Waals surface area contributed by atoms with Gasteiger partial charge in [0, 0.05) is 4.90 Å². The fourth-order valence-electron chi connectivity index (χ4n) is 1.71. The molecular weight excluding hydrogens is 280 g/mol. The summed E-state index contributed by atoms with van der Waals surface area (Å²) >= 11 is 3.18. The lowest BCUT2D eigenvalue weighted by Gasteiger charge is -1.97. The average Bonchev–Trinajstić information content (AvgIpc) is 2.84. The Labute approximate surface area is 117 Å². The molecule has 2 N–H and O–H groups in total. The molecule has 1 aromatic carbocycles. The zero-order valence-electron chi connectivity index (χ0n) is 10.1. The number of aromatic nitrogens is 2. The van der Waals surface area contributed by atoms with Crippen molar-refractivity contribution in [2.75, 3.05) is 12.0 Å². The van der Waals surface area contributed by atoms with Crippen LogP contribution in [0.1, 0.15) is 0 Å². The predicted octanol–water partition coefficient (Wildman–Crippen LogP) is 3.80. The molecule has 0 fully saturated rings. The number of nitrogens with two attached hydrogens (primary N) is 1. The van der Waals surface area contributed by atoms with Crippen LogP contribution in [-0.2, 0) is 0 Å². The van der Waals surface area contributed by atoms with Crippen LogP contribution in [0.4, 0.5) is 10.1 Å². The van der Waals surface area contributed by atoms with Crippen molar-refractivity contribution in [3.8, 4) is 10.7 Å². The Balaban J connectivity index is 2.11. The van der Waals surface area contributed by atoms with Crippen LogP contribution in [0, 0.1) is 5.95 Å². The van der Waals surface area contributed by atoms with Crippen LogP contribution in [0.25, 0.3) is 20.9 Å². The number of nitrogen functional groups attached to an aromatic ring is 1. The Hall–Kier alpha value is -1.66. The summed E-state index contributed by atoms with van der Waals surface area (Å²) in [7, 11) is 0. The molecule has 0 bridgehead atoms. The van der Waals surface area contributed by atoms with Crippen molar-refractivity contribution in [1.82, 2.24) is 9.97 Å². The summed E-state index contributed by atoms with van der Waals surface area (Å²) in [4.78, 5) is 9.48. The van der Waals surface area contributed by atoms with Gasteiger partial charge in [-0.15, -0.1) is 23.1 Å². The summed E-state index contributed by atoms with van der Waals surface area (Å²) < 4.78 is 14.4. The highest BCUT2D eigenvalue weighted by molar-refractivity contribution is 7.98. The van der Waals surface area contributed by atoms with Crippen molar-refractivity contribution >= 4 is 39.0 Å². The van der Waals surface area contributed by atoms with Crippen LogP contribution in [0.15, 0.2) is 35.2 Å². The number of rotatable bonds is 2. The van der Waals surface area contributed by atoms with Crippen molar-refractivity contribution in [2.45, 2.75) is 4.90 Å². The molecule has 0 aliphatic carbocycles. The highest BCUT2D eigenvalue weighted by Crippen LogP contribution is 2.31. The molecule has 0 saturated carbocycles. The van der Waals surface area contributed by atoms with Crippen molar-refractivity contribution < 1.29 is 4.39 Å². The molecule has 19 heavy (non-hydrogen) atoms. The van der Waals surface area contributed by atoms with Gasteiger partial charge >= 0.3 is 0 Å². The molecule has 0 aliphatic heterocycles. The van der Waals surface area contributed by atoms with Crippen LogP contribution in [-0.4, -0.2) is 16.2 Å². The molecule has 3 aromatic rings. The molecule has 0 aliphatic rings. The molecule has 96 valence electrons.